The van der Waals surface area contributed by atoms with Crippen molar-refractivity contribution in [2.24, 2.45) is 0 Å². The second-order valence-corrected chi connectivity index (χ2v) is 7.07. The largest absolute Gasteiger partial charge is 0.507 e. The van der Waals surface area contributed by atoms with Crippen molar-refractivity contribution in [2.45, 2.75) is 13.0 Å². The molecule has 8 heteroatoms. The zero-order chi connectivity index (χ0) is 22.1. The van der Waals surface area contributed by atoms with Crippen molar-refractivity contribution < 1.29 is 19.6 Å². The Morgan fingerprint density at radius 1 is 1.03 bits per heavy atom. The molecule has 2 aromatic carbocycles. The van der Waals surface area contributed by atoms with Gasteiger partial charge in [-0.2, -0.15) is 0 Å². The molecule has 154 valence electrons. The molecule has 0 aliphatic carbocycles. The van der Waals surface area contributed by atoms with Gasteiger partial charge in [-0.3, -0.25) is 24.6 Å². The van der Waals surface area contributed by atoms with Crippen molar-refractivity contribution in [2.75, 3.05) is 4.90 Å². The second-order valence-electron chi connectivity index (χ2n) is 7.07. The van der Waals surface area contributed by atoms with Crippen molar-refractivity contribution in [3.63, 3.8) is 0 Å². The number of nitrogens with zero attached hydrogens (tertiary/aromatic N) is 3. The molecule has 0 radical (unpaired) electrons. The summed E-state index contributed by atoms with van der Waals surface area (Å²) in [6, 6.07) is 16.3. The summed E-state index contributed by atoms with van der Waals surface area (Å²) in [5, 5.41) is 22.0. The molecule has 1 atom stereocenters. The van der Waals surface area contributed by atoms with Crippen molar-refractivity contribution in [1.29, 1.82) is 0 Å². The number of aliphatic hydroxyl groups excluding tert-OH is 1. The van der Waals surface area contributed by atoms with Crippen molar-refractivity contribution in [3.8, 4) is 0 Å². The van der Waals surface area contributed by atoms with Gasteiger partial charge in [0.25, 0.3) is 11.5 Å². The van der Waals surface area contributed by atoms with E-state index in [-0.39, 0.29) is 22.8 Å². The van der Waals surface area contributed by atoms with Crippen molar-refractivity contribution in [3.05, 3.63) is 105 Å². The molecule has 1 unspecified atom stereocenters. The molecular formula is C23H17N3O5. The molecule has 1 saturated heterocycles. The quantitative estimate of drug-likeness (QED) is 0.227. The molecule has 0 saturated carbocycles. The molecule has 0 bridgehead atoms. The molecule has 1 amide bonds. The first kappa shape index (κ1) is 20.0. The average Bonchev–Trinajstić information content (AvgIpc) is 3.05. The molecule has 1 aliphatic rings. The number of anilines is 1. The summed E-state index contributed by atoms with van der Waals surface area (Å²) in [6.07, 6.45) is 1.49. The highest BCUT2D eigenvalue weighted by Crippen LogP contribution is 2.41. The second kappa shape index (κ2) is 7.83. The third kappa shape index (κ3) is 3.55. The molecule has 0 spiro atoms. The van der Waals surface area contributed by atoms with Crippen molar-refractivity contribution >= 4 is 29.0 Å². The lowest BCUT2D eigenvalue weighted by atomic mass is 9.95. The lowest BCUT2D eigenvalue weighted by Crippen LogP contribution is -2.30. The molecular weight excluding hydrogens is 398 g/mol. The molecule has 4 rings (SSSR count). The van der Waals surface area contributed by atoms with Crippen LogP contribution in [-0.4, -0.2) is 26.7 Å². The Balaban J connectivity index is 1.92. The first-order chi connectivity index (χ1) is 14.9. The van der Waals surface area contributed by atoms with Crippen LogP contribution in [0.1, 0.15) is 22.7 Å². The summed E-state index contributed by atoms with van der Waals surface area (Å²) < 4.78 is 0. The van der Waals surface area contributed by atoms with Crippen molar-refractivity contribution in [1.82, 2.24) is 4.98 Å². The Kier molecular flexibility index (Phi) is 5.04. The number of hydrogen-bond donors (Lipinski definition) is 1. The predicted molar refractivity (Wildman–Crippen MR) is 113 cm³/mol. The Morgan fingerprint density at radius 2 is 1.71 bits per heavy atom. The summed E-state index contributed by atoms with van der Waals surface area (Å²) in [5.74, 6) is -1.78. The fourth-order valence-corrected chi connectivity index (χ4v) is 3.53. The first-order valence-corrected chi connectivity index (χ1v) is 9.42. The third-order valence-corrected chi connectivity index (χ3v) is 5.09. The normalized spacial score (nSPS) is 17.7. The zero-order valence-corrected chi connectivity index (χ0v) is 16.4. The summed E-state index contributed by atoms with van der Waals surface area (Å²) in [7, 11) is 0. The number of aliphatic hydroxyl groups is 1. The number of benzene rings is 2. The van der Waals surface area contributed by atoms with Crippen LogP contribution in [0.4, 0.5) is 11.5 Å². The maximum absolute atomic E-state index is 13.0. The number of non-ortho nitro benzene ring substituents is 1. The summed E-state index contributed by atoms with van der Waals surface area (Å²) in [6.45, 7) is 1.89. The Bertz CT molecular complexity index is 1200. The fraction of sp³-hybridized carbons (Fsp3) is 0.0870. The van der Waals surface area contributed by atoms with E-state index in [1.807, 2.05) is 6.92 Å². The average molecular weight is 415 g/mol. The van der Waals surface area contributed by atoms with E-state index >= 15 is 0 Å². The molecule has 2 heterocycles. The van der Waals surface area contributed by atoms with Gasteiger partial charge in [0.1, 0.15) is 11.6 Å². The number of ketones is 1. The highest BCUT2D eigenvalue weighted by atomic mass is 16.6. The van der Waals surface area contributed by atoms with Gasteiger partial charge in [0.05, 0.1) is 16.5 Å². The van der Waals surface area contributed by atoms with E-state index in [2.05, 4.69) is 4.98 Å². The number of Topliss-reactive ketones (excluding diaryl/α,β-unsaturated/α-hetero) is 1. The van der Waals surface area contributed by atoms with Gasteiger partial charge in [0, 0.05) is 23.9 Å². The zero-order valence-electron chi connectivity index (χ0n) is 16.4. The number of rotatable bonds is 4. The lowest BCUT2D eigenvalue weighted by Gasteiger charge is -2.24. The minimum Gasteiger partial charge on any atom is -0.507 e. The standard InChI is InChI=1S/C23H17N3O5/c1-14-5-7-16(8-6-14)21(27)19-20(15-9-11-17(12-10-15)26(30)31)25(23(29)22(19)28)18-4-2-3-13-24-18/h2-13,20,27H,1H3/b21-19+. The summed E-state index contributed by atoms with van der Waals surface area (Å²) in [4.78, 5) is 41.8. The van der Waals surface area contributed by atoms with Gasteiger partial charge in [-0.1, -0.05) is 35.9 Å². The topological polar surface area (TPSA) is 114 Å². The van der Waals surface area contributed by atoms with E-state index in [0.29, 0.717) is 11.1 Å². The van der Waals surface area contributed by atoms with E-state index in [1.54, 1.807) is 42.5 Å². The number of carbonyl (C=O) groups excluding carboxylic acids is 2. The Morgan fingerprint density at radius 3 is 2.29 bits per heavy atom. The van der Waals surface area contributed by atoms with Gasteiger partial charge >= 0.3 is 5.91 Å². The van der Waals surface area contributed by atoms with Crippen LogP contribution in [0.25, 0.3) is 5.76 Å². The van der Waals surface area contributed by atoms with Crippen LogP contribution in [0.15, 0.2) is 78.5 Å². The van der Waals surface area contributed by atoms with Gasteiger partial charge in [0.2, 0.25) is 0 Å². The van der Waals surface area contributed by atoms with E-state index in [4.69, 9.17) is 0 Å². The highest BCUT2D eigenvalue weighted by Gasteiger charge is 2.47. The lowest BCUT2D eigenvalue weighted by molar-refractivity contribution is -0.384. The minimum absolute atomic E-state index is 0.103. The smallest absolute Gasteiger partial charge is 0.301 e. The number of nitro groups is 1. The molecule has 1 N–H and O–H groups in total. The van der Waals surface area contributed by atoms with Crippen LogP contribution in [0.2, 0.25) is 0 Å². The van der Waals surface area contributed by atoms with Crippen LogP contribution < -0.4 is 4.90 Å². The van der Waals surface area contributed by atoms with Gasteiger partial charge in [-0.25, -0.2) is 4.98 Å². The Hall–Kier alpha value is -4.33. The molecule has 1 aliphatic heterocycles. The van der Waals surface area contributed by atoms with Gasteiger partial charge in [-0.05, 0) is 36.8 Å². The SMILES string of the molecule is Cc1ccc(/C(O)=C2\C(=O)C(=O)N(c3ccccn3)C2c2ccc([N+](=O)[O-])cc2)cc1. The van der Waals surface area contributed by atoms with E-state index in [9.17, 15) is 24.8 Å². The number of pyridine rings is 1. The maximum atomic E-state index is 13.0. The monoisotopic (exact) mass is 415 g/mol. The summed E-state index contributed by atoms with van der Waals surface area (Å²) in [5.41, 5.74) is 1.56. The van der Waals surface area contributed by atoms with E-state index < -0.39 is 22.7 Å². The van der Waals surface area contributed by atoms with Gasteiger partial charge < -0.3 is 5.11 Å². The van der Waals surface area contributed by atoms with Gasteiger partial charge in [-0.15, -0.1) is 0 Å². The van der Waals surface area contributed by atoms with E-state index in [0.717, 1.165) is 5.56 Å². The number of carbonyl (C=O) groups is 2. The first-order valence-electron chi connectivity index (χ1n) is 9.42. The number of nitro benzene ring substituents is 1. The number of aromatic nitrogens is 1. The van der Waals surface area contributed by atoms with Gasteiger partial charge in [0.15, 0.2) is 0 Å². The van der Waals surface area contributed by atoms with Crippen LogP contribution >= 0.6 is 0 Å². The number of aryl methyl sites for hydroxylation is 1. The fourth-order valence-electron chi connectivity index (χ4n) is 3.53. The highest BCUT2D eigenvalue weighted by molar-refractivity contribution is 6.51. The van der Waals surface area contributed by atoms with Crippen LogP contribution in [0.5, 0.6) is 0 Å². The van der Waals surface area contributed by atoms with Crippen LogP contribution in [0.3, 0.4) is 0 Å². The molecule has 1 aromatic heterocycles. The number of hydrogen-bond acceptors (Lipinski definition) is 6. The Labute approximate surface area is 177 Å². The maximum Gasteiger partial charge on any atom is 0.301 e. The predicted octanol–water partition coefficient (Wildman–Crippen LogP) is 3.92. The minimum atomic E-state index is -0.989. The third-order valence-electron chi connectivity index (χ3n) is 5.09. The molecule has 31 heavy (non-hydrogen) atoms. The van der Waals surface area contributed by atoms with Crippen LogP contribution in [-0.2, 0) is 9.59 Å². The summed E-state index contributed by atoms with van der Waals surface area (Å²) >= 11 is 0. The van der Waals surface area contributed by atoms with Crippen LogP contribution in [0, 0.1) is 17.0 Å². The number of amides is 1. The molecule has 8 nitrogen and oxygen atoms in total. The molecule has 1 fully saturated rings. The van der Waals surface area contributed by atoms with E-state index in [1.165, 1.54) is 35.4 Å². The molecule has 3 aromatic rings.